The van der Waals surface area contributed by atoms with Gasteiger partial charge >= 0.3 is 12.1 Å². The summed E-state index contributed by atoms with van der Waals surface area (Å²) >= 11 is 0. The molecule has 25 heavy (non-hydrogen) atoms. The fourth-order valence-electron chi connectivity index (χ4n) is 2.81. The molecule has 3 rings (SSSR count). The van der Waals surface area contributed by atoms with E-state index in [4.69, 9.17) is 9.26 Å². The van der Waals surface area contributed by atoms with E-state index in [0.717, 1.165) is 18.4 Å². The van der Waals surface area contributed by atoms with Gasteiger partial charge in [0, 0.05) is 18.7 Å². The fourth-order valence-corrected chi connectivity index (χ4v) is 2.81. The van der Waals surface area contributed by atoms with Gasteiger partial charge in [0.2, 0.25) is 5.82 Å². The van der Waals surface area contributed by atoms with Crippen LogP contribution in [0.2, 0.25) is 0 Å². The second kappa shape index (κ2) is 7.13. The smallest absolute Gasteiger partial charge is 0.410 e. The zero-order valence-corrected chi connectivity index (χ0v) is 14.9. The third-order valence-electron chi connectivity index (χ3n) is 3.95. The van der Waals surface area contributed by atoms with E-state index < -0.39 is 5.60 Å². The largest absolute Gasteiger partial charge is 0.444 e. The molecule has 0 aliphatic carbocycles. The summed E-state index contributed by atoms with van der Waals surface area (Å²) in [6.07, 6.45) is 1.61. The minimum atomic E-state index is -0.491. The Morgan fingerprint density at radius 1 is 1.36 bits per heavy atom. The van der Waals surface area contributed by atoms with E-state index in [9.17, 15) is 4.79 Å². The number of nitrogens with one attached hydrogen (secondary N) is 1. The van der Waals surface area contributed by atoms with Crippen LogP contribution in [0.3, 0.4) is 0 Å². The van der Waals surface area contributed by atoms with Gasteiger partial charge in [0.25, 0.3) is 0 Å². The summed E-state index contributed by atoms with van der Waals surface area (Å²) in [5.41, 5.74) is 0.407. The molecule has 2 heterocycles. The number of carbonyl (C=O) groups excluding carboxylic acids is 1. The first kappa shape index (κ1) is 17.3. The first-order valence-electron chi connectivity index (χ1n) is 8.55. The third kappa shape index (κ3) is 4.49. The molecule has 1 atom stereocenters. The Kier molecular flexibility index (Phi) is 4.92. The summed E-state index contributed by atoms with van der Waals surface area (Å²) in [4.78, 5) is 18.4. The predicted octanol–water partition coefficient (Wildman–Crippen LogP) is 3.55. The Morgan fingerprint density at radius 2 is 2.12 bits per heavy atom. The van der Waals surface area contributed by atoms with Gasteiger partial charge in [0.1, 0.15) is 5.60 Å². The number of amides is 1. The number of anilines is 1. The average molecular weight is 344 g/mol. The van der Waals surface area contributed by atoms with Crippen molar-refractivity contribution in [3.8, 4) is 11.4 Å². The van der Waals surface area contributed by atoms with Crippen molar-refractivity contribution in [3.05, 3.63) is 30.3 Å². The Morgan fingerprint density at radius 3 is 2.84 bits per heavy atom. The van der Waals surface area contributed by atoms with Crippen LogP contribution >= 0.6 is 0 Å². The first-order chi connectivity index (χ1) is 11.9. The second-order valence-electron chi connectivity index (χ2n) is 7.14. The van der Waals surface area contributed by atoms with Crippen molar-refractivity contribution < 1.29 is 14.1 Å². The number of hydrogen-bond acceptors (Lipinski definition) is 6. The number of hydrogen-bond donors (Lipinski definition) is 1. The molecular formula is C18H24N4O3. The van der Waals surface area contributed by atoms with Crippen molar-refractivity contribution in [3.63, 3.8) is 0 Å². The van der Waals surface area contributed by atoms with Crippen molar-refractivity contribution in [2.24, 2.45) is 0 Å². The Hall–Kier alpha value is -2.57. The molecule has 1 unspecified atom stereocenters. The third-order valence-corrected chi connectivity index (χ3v) is 3.95. The lowest BCUT2D eigenvalue weighted by Gasteiger charge is -2.28. The summed E-state index contributed by atoms with van der Waals surface area (Å²) < 4.78 is 10.7. The molecule has 1 N–H and O–H groups in total. The number of likely N-dealkylation sites (tertiary alicyclic amines) is 1. The molecule has 0 spiro atoms. The van der Waals surface area contributed by atoms with Crippen molar-refractivity contribution in [1.82, 2.24) is 15.0 Å². The summed E-state index contributed by atoms with van der Waals surface area (Å²) in [6.45, 7) is 6.88. The molecule has 0 saturated carbocycles. The lowest BCUT2D eigenvalue weighted by Crippen LogP contribution is -2.42. The molecule has 2 aromatic rings. The number of aromatic nitrogens is 2. The topological polar surface area (TPSA) is 80.5 Å². The van der Waals surface area contributed by atoms with Crippen molar-refractivity contribution in [1.29, 1.82) is 0 Å². The monoisotopic (exact) mass is 344 g/mol. The highest BCUT2D eigenvalue weighted by Crippen LogP contribution is 2.22. The number of ether oxygens (including phenoxy) is 1. The molecule has 134 valence electrons. The van der Waals surface area contributed by atoms with Gasteiger partial charge in [-0.2, -0.15) is 4.98 Å². The molecular weight excluding hydrogens is 320 g/mol. The highest BCUT2D eigenvalue weighted by atomic mass is 16.6. The average Bonchev–Trinajstić information content (AvgIpc) is 3.21. The molecule has 7 nitrogen and oxygen atoms in total. The Labute approximate surface area is 147 Å². The Balaban J connectivity index is 1.58. The van der Waals surface area contributed by atoms with E-state index in [0.29, 0.717) is 24.9 Å². The molecule has 1 aliphatic rings. The van der Waals surface area contributed by atoms with Crippen LogP contribution in [-0.2, 0) is 4.74 Å². The van der Waals surface area contributed by atoms with Crippen LogP contribution in [-0.4, -0.2) is 45.9 Å². The van der Waals surface area contributed by atoms with Gasteiger partial charge < -0.3 is 19.5 Å². The maximum atomic E-state index is 12.3. The number of rotatable bonds is 4. The van der Waals surface area contributed by atoms with E-state index >= 15 is 0 Å². The van der Waals surface area contributed by atoms with Gasteiger partial charge in [-0.05, 0) is 33.6 Å². The standard InChI is InChI=1S/C18H24N4O3/c1-18(2,3)24-17(23)22-11-7-10-14(22)12-19-16-20-15(21-25-16)13-8-5-4-6-9-13/h4-6,8-9,14H,7,10-12H2,1-3H3,(H,19,20,21). The zero-order chi connectivity index (χ0) is 17.9. The van der Waals surface area contributed by atoms with Gasteiger partial charge in [-0.15, -0.1) is 0 Å². The maximum Gasteiger partial charge on any atom is 0.410 e. The second-order valence-corrected chi connectivity index (χ2v) is 7.14. The van der Waals surface area contributed by atoms with Crippen molar-refractivity contribution in [2.45, 2.75) is 45.3 Å². The lowest BCUT2D eigenvalue weighted by atomic mass is 10.2. The van der Waals surface area contributed by atoms with Gasteiger partial charge in [-0.1, -0.05) is 35.5 Å². The van der Waals surface area contributed by atoms with Crippen LogP contribution in [0, 0.1) is 0 Å². The van der Waals surface area contributed by atoms with Gasteiger partial charge in [0.15, 0.2) is 0 Å². The number of benzene rings is 1. The predicted molar refractivity (Wildman–Crippen MR) is 94.2 cm³/mol. The number of carbonyl (C=O) groups is 1. The molecule has 1 aromatic heterocycles. The van der Waals surface area contributed by atoms with Crippen molar-refractivity contribution >= 4 is 12.1 Å². The van der Waals surface area contributed by atoms with Crippen LogP contribution in [0.1, 0.15) is 33.6 Å². The first-order valence-corrected chi connectivity index (χ1v) is 8.55. The fraction of sp³-hybridized carbons (Fsp3) is 0.500. The normalized spacial score (nSPS) is 17.6. The molecule has 0 bridgehead atoms. The summed E-state index contributed by atoms with van der Waals surface area (Å²) in [5.74, 6) is 0.540. The minimum Gasteiger partial charge on any atom is -0.444 e. The SMILES string of the molecule is CC(C)(C)OC(=O)N1CCCC1CNc1nc(-c2ccccc2)no1. The molecule has 1 fully saturated rings. The summed E-state index contributed by atoms with van der Waals surface area (Å²) in [7, 11) is 0. The summed E-state index contributed by atoms with van der Waals surface area (Å²) in [5, 5.41) is 7.12. The minimum absolute atomic E-state index is 0.0573. The number of nitrogens with zero attached hydrogens (tertiary/aromatic N) is 3. The van der Waals surface area contributed by atoms with Gasteiger partial charge in [-0.25, -0.2) is 4.79 Å². The van der Waals surface area contributed by atoms with Gasteiger partial charge in [-0.3, -0.25) is 0 Å². The van der Waals surface area contributed by atoms with Crippen LogP contribution in [0.15, 0.2) is 34.9 Å². The van der Waals surface area contributed by atoms with Crippen molar-refractivity contribution in [2.75, 3.05) is 18.4 Å². The Bertz CT molecular complexity index is 709. The van der Waals surface area contributed by atoms with Crippen LogP contribution in [0.4, 0.5) is 10.8 Å². The van der Waals surface area contributed by atoms with E-state index in [1.54, 1.807) is 4.90 Å². The summed E-state index contributed by atoms with van der Waals surface area (Å²) in [6, 6.07) is 10.1. The lowest BCUT2D eigenvalue weighted by molar-refractivity contribution is 0.0234. The highest BCUT2D eigenvalue weighted by molar-refractivity contribution is 5.69. The molecule has 1 amide bonds. The highest BCUT2D eigenvalue weighted by Gasteiger charge is 2.32. The van der Waals surface area contributed by atoms with E-state index in [1.807, 2.05) is 51.1 Å². The van der Waals surface area contributed by atoms with Crippen LogP contribution < -0.4 is 5.32 Å². The van der Waals surface area contributed by atoms with Gasteiger partial charge in [0.05, 0.1) is 6.04 Å². The molecule has 1 saturated heterocycles. The maximum absolute atomic E-state index is 12.3. The molecule has 7 heteroatoms. The zero-order valence-electron chi connectivity index (χ0n) is 14.9. The molecule has 1 aliphatic heterocycles. The van der Waals surface area contributed by atoms with E-state index in [2.05, 4.69) is 15.5 Å². The molecule has 1 aromatic carbocycles. The molecule has 0 radical (unpaired) electrons. The van der Waals surface area contributed by atoms with E-state index in [-0.39, 0.29) is 12.1 Å². The van der Waals surface area contributed by atoms with E-state index in [1.165, 1.54) is 0 Å². The quantitative estimate of drug-likeness (QED) is 0.913. The van der Waals surface area contributed by atoms with Crippen LogP contribution in [0.5, 0.6) is 0 Å². The van der Waals surface area contributed by atoms with Crippen LogP contribution in [0.25, 0.3) is 11.4 Å².